The number of aliphatic hydroxyl groups is 2. The molecular formula is C15H24ClNO3. The van der Waals surface area contributed by atoms with Crippen LogP contribution >= 0.6 is 11.6 Å². The summed E-state index contributed by atoms with van der Waals surface area (Å²) in [6, 6.07) is 7.16. The molecule has 5 heteroatoms. The highest BCUT2D eigenvalue weighted by Crippen LogP contribution is 2.23. The molecule has 2 unspecified atom stereocenters. The standard InChI is InChI=1S/C15H24ClNO3/c1-11(2)7-12(9-18)17-8-13(19)10-20-15-6-4-3-5-14(15)16/h3-6,11-13,17-19H,7-10H2,1-2H3. The van der Waals surface area contributed by atoms with Crippen LogP contribution in [0.2, 0.25) is 5.02 Å². The van der Waals surface area contributed by atoms with Crippen molar-refractivity contribution >= 4 is 11.6 Å². The van der Waals surface area contributed by atoms with Gasteiger partial charge in [0.05, 0.1) is 11.6 Å². The number of rotatable bonds is 9. The Bertz CT molecular complexity index is 387. The molecule has 1 aromatic carbocycles. The van der Waals surface area contributed by atoms with E-state index in [2.05, 4.69) is 19.2 Å². The Labute approximate surface area is 125 Å². The van der Waals surface area contributed by atoms with Gasteiger partial charge in [-0.15, -0.1) is 0 Å². The van der Waals surface area contributed by atoms with E-state index in [-0.39, 0.29) is 19.3 Å². The normalized spacial score (nSPS) is 14.3. The van der Waals surface area contributed by atoms with Crippen LogP contribution in [0.5, 0.6) is 5.75 Å². The van der Waals surface area contributed by atoms with E-state index >= 15 is 0 Å². The third-order valence-electron chi connectivity index (χ3n) is 2.89. The number of para-hydroxylation sites is 1. The molecule has 20 heavy (non-hydrogen) atoms. The lowest BCUT2D eigenvalue weighted by atomic mass is 10.0. The fourth-order valence-electron chi connectivity index (χ4n) is 1.90. The van der Waals surface area contributed by atoms with E-state index in [4.69, 9.17) is 16.3 Å². The van der Waals surface area contributed by atoms with Crippen molar-refractivity contribution in [2.45, 2.75) is 32.4 Å². The maximum atomic E-state index is 9.87. The molecule has 0 aliphatic heterocycles. The molecule has 0 bridgehead atoms. The summed E-state index contributed by atoms with van der Waals surface area (Å²) in [5.41, 5.74) is 0. The van der Waals surface area contributed by atoms with Crippen LogP contribution in [0.15, 0.2) is 24.3 Å². The van der Waals surface area contributed by atoms with E-state index in [0.29, 0.717) is 23.2 Å². The van der Waals surface area contributed by atoms with Crippen LogP contribution in [-0.4, -0.2) is 42.1 Å². The van der Waals surface area contributed by atoms with Gasteiger partial charge in [0.2, 0.25) is 0 Å². The second-order valence-electron chi connectivity index (χ2n) is 5.31. The van der Waals surface area contributed by atoms with Crippen molar-refractivity contribution in [1.82, 2.24) is 5.32 Å². The Hall–Kier alpha value is -0.810. The lowest BCUT2D eigenvalue weighted by Gasteiger charge is -2.20. The van der Waals surface area contributed by atoms with Crippen molar-refractivity contribution in [3.8, 4) is 5.75 Å². The lowest BCUT2D eigenvalue weighted by Crippen LogP contribution is -2.40. The summed E-state index contributed by atoms with van der Waals surface area (Å²) in [6.45, 7) is 4.80. The molecule has 114 valence electrons. The second-order valence-corrected chi connectivity index (χ2v) is 5.72. The van der Waals surface area contributed by atoms with Crippen LogP contribution in [0, 0.1) is 5.92 Å². The first-order chi connectivity index (χ1) is 9.52. The topological polar surface area (TPSA) is 61.7 Å². The predicted octanol–water partition coefficient (Wildman–Crippen LogP) is 2.08. The molecular weight excluding hydrogens is 278 g/mol. The van der Waals surface area contributed by atoms with Gasteiger partial charge in [0.25, 0.3) is 0 Å². The predicted molar refractivity (Wildman–Crippen MR) is 81.3 cm³/mol. The largest absolute Gasteiger partial charge is 0.489 e. The molecule has 1 aromatic rings. The maximum Gasteiger partial charge on any atom is 0.138 e. The molecule has 0 fully saturated rings. The number of hydrogen-bond donors (Lipinski definition) is 3. The summed E-state index contributed by atoms with van der Waals surface area (Å²) < 4.78 is 5.46. The van der Waals surface area contributed by atoms with E-state index in [1.807, 2.05) is 12.1 Å². The third kappa shape index (κ3) is 6.57. The average molecular weight is 302 g/mol. The van der Waals surface area contributed by atoms with Gasteiger partial charge < -0.3 is 20.3 Å². The van der Waals surface area contributed by atoms with Crippen LogP contribution in [0.3, 0.4) is 0 Å². The Balaban J connectivity index is 2.29. The molecule has 2 atom stereocenters. The Morgan fingerprint density at radius 3 is 2.60 bits per heavy atom. The SMILES string of the molecule is CC(C)CC(CO)NCC(O)COc1ccccc1Cl. The number of halogens is 1. The molecule has 0 saturated heterocycles. The van der Waals surface area contributed by atoms with Gasteiger partial charge in [-0.25, -0.2) is 0 Å². The molecule has 1 rings (SSSR count). The van der Waals surface area contributed by atoms with Gasteiger partial charge in [-0.2, -0.15) is 0 Å². The van der Waals surface area contributed by atoms with Crippen LogP contribution < -0.4 is 10.1 Å². The molecule has 0 amide bonds. The average Bonchev–Trinajstić information content (AvgIpc) is 2.42. The van der Waals surface area contributed by atoms with Gasteiger partial charge in [0.1, 0.15) is 18.5 Å². The van der Waals surface area contributed by atoms with Gasteiger partial charge in [-0.05, 0) is 24.5 Å². The highest BCUT2D eigenvalue weighted by atomic mass is 35.5. The van der Waals surface area contributed by atoms with Crippen molar-refractivity contribution in [3.05, 3.63) is 29.3 Å². The first kappa shape index (κ1) is 17.2. The number of hydrogen-bond acceptors (Lipinski definition) is 4. The van der Waals surface area contributed by atoms with Gasteiger partial charge in [-0.3, -0.25) is 0 Å². The molecule has 0 radical (unpaired) electrons. The van der Waals surface area contributed by atoms with Crippen LogP contribution in [0.4, 0.5) is 0 Å². The van der Waals surface area contributed by atoms with Gasteiger partial charge >= 0.3 is 0 Å². The zero-order chi connectivity index (χ0) is 15.0. The number of benzene rings is 1. The van der Waals surface area contributed by atoms with Crippen molar-refractivity contribution in [1.29, 1.82) is 0 Å². The summed E-state index contributed by atoms with van der Waals surface area (Å²) >= 11 is 5.96. The molecule has 0 heterocycles. The van der Waals surface area contributed by atoms with Crippen molar-refractivity contribution in [2.75, 3.05) is 19.8 Å². The first-order valence-electron chi connectivity index (χ1n) is 6.92. The Morgan fingerprint density at radius 1 is 1.30 bits per heavy atom. The second kappa shape index (κ2) is 9.19. The van der Waals surface area contributed by atoms with E-state index < -0.39 is 6.10 Å². The summed E-state index contributed by atoms with van der Waals surface area (Å²) in [5, 5.41) is 22.8. The quantitative estimate of drug-likeness (QED) is 0.653. The monoisotopic (exact) mass is 301 g/mol. The molecule has 0 aromatic heterocycles. The van der Waals surface area contributed by atoms with Gasteiger partial charge in [-0.1, -0.05) is 37.6 Å². The number of ether oxygens (including phenoxy) is 1. The number of aliphatic hydroxyl groups excluding tert-OH is 2. The van der Waals surface area contributed by atoms with Crippen LogP contribution in [-0.2, 0) is 0 Å². The van der Waals surface area contributed by atoms with Gasteiger partial charge in [0, 0.05) is 12.6 Å². The molecule has 0 aliphatic rings. The molecule has 4 nitrogen and oxygen atoms in total. The fourth-order valence-corrected chi connectivity index (χ4v) is 2.09. The van der Waals surface area contributed by atoms with Crippen LogP contribution in [0.25, 0.3) is 0 Å². The van der Waals surface area contributed by atoms with Crippen molar-refractivity contribution in [2.24, 2.45) is 5.92 Å². The minimum atomic E-state index is -0.646. The van der Waals surface area contributed by atoms with E-state index in [9.17, 15) is 10.2 Å². The fraction of sp³-hybridized carbons (Fsp3) is 0.600. The van der Waals surface area contributed by atoms with E-state index in [1.165, 1.54) is 0 Å². The summed E-state index contributed by atoms with van der Waals surface area (Å²) in [6.07, 6.45) is 0.224. The summed E-state index contributed by atoms with van der Waals surface area (Å²) in [5.74, 6) is 1.06. The molecule has 0 aliphatic carbocycles. The smallest absolute Gasteiger partial charge is 0.138 e. The summed E-state index contributed by atoms with van der Waals surface area (Å²) in [4.78, 5) is 0. The van der Waals surface area contributed by atoms with Crippen molar-refractivity contribution in [3.63, 3.8) is 0 Å². The third-order valence-corrected chi connectivity index (χ3v) is 3.20. The zero-order valence-corrected chi connectivity index (χ0v) is 12.8. The first-order valence-corrected chi connectivity index (χ1v) is 7.30. The molecule has 0 spiro atoms. The van der Waals surface area contributed by atoms with Crippen LogP contribution in [0.1, 0.15) is 20.3 Å². The van der Waals surface area contributed by atoms with Gasteiger partial charge in [0.15, 0.2) is 0 Å². The zero-order valence-electron chi connectivity index (χ0n) is 12.1. The highest BCUT2D eigenvalue weighted by Gasteiger charge is 2.12. The van der Waals surface area contributed by atoms with E-state index in [0.717, 1.165) is 6.42 Å². The minimum absolute atomic E-state index is 0.00460. The highest BCUT2D eigenvalue weighted by molar-refractivity contribution is 6.32. The Morgan fingerprint density at radius 2 is 2.00 bits per heavy atom. The molecule has 0 saturated carbocycles. The lowest BCUT2D eigenvalue weighted by molar-refractivity contribution is 0.0982. The maximum absolute atomic E-state index is 9.87. The van der Waals surface area contributed by atoms with E-state index in [1.54, 1.807) is 12.1 Å². The number of nitrogens with one attached hydrogen (secondary N) is 1. The Kier molecular flexibility index (Phi) is 7.92. The molecule has 3 N–H and O–H groups in total. The minimum Gasteiger partial charge on any atom is -0.489 e. The van der Waals surface area contributed by atoms with Crippen molar-refractivity contribution < 1.29 is 14.9 Å². The summed E-state index contributed by atoms with van der Waals surface area (Å²) in [7, 11) is 0.